The van der Waals surface area contributed by atoms with Crippen LogP contribution in [0, 0.1) is 31.1 Å². The van der Waals surface area contributed by atoms with Crippen molar-refractivity contribution in [2.75, 3.05) is 5.75 Å². The number of nitrogens with zero attached hydrogens (tertiary/aromatic N) is 3. The van der Waals surface area contributed by atoms with E-state index in [9.17, 15) is 10.1 Å². The molecule has 0 aliphatic heterocycles. The minimum absolute atomic E-state index is 0.137. The van der Waals surface area contributed by atoms with Crippen molar-refractivity contribution in [2.45, 2.75) is 44.4 Å². The lowest BCUT2D eigenvalue weighted by Crippen LogP contribution is -2.47. The maximum Gasteiger partial charge on any atom is 0.277 e. The van der Waals surface area contributed by atoms with Crippen LogP contribution in [0.25, 0.3) is 11.5 Å². The molecule has 1 aromatic heterocycles. The normalized spacial score (nSPS) is 16.1. The van der Waals surface area contributed by atoms with Gasteiger partial charge < -0.3 is 9.73 Å². The molecule has 3 rings (SSSR count). The molecule has 1 atom stereocenters. The maximum absolute atomic E-state index is 12.1. The van der Waals surface area contributed by atoms with Crippen LogP contribution in [0.3, 0.4) is 0 Å². The van der Waals surface area contributed by atoms with Crippen molar-refractivity contribution in [3.8, 4) is 17.5 Å². The van der Waals surface area contributed by atoms with E-state index in [4.69, 9.17) is 4.42 Å². The van der Waals surface area contributed by atoms with Gasteiger partial charge in [-0.1, -0.05) is 29.0 Å². The van der Waals surface area contributed by atoms with Gasteiger partial charge in [0.15, 0.2) is 0 Å². The van der Waals surface area contributed by atoms with Gasteiger partial charge in [-0.3, -0.25) is 4.79 Å². The van der Waals surface area contributed by atoms with Gasteiger partial charge in [0.2, 0.25) is 11.8 Å². The number of aryl methyl sites for hydroxylation is 2. The highest BCUT2D eigenvalue weighted by molar-refractivity contribution is 7.99. The number of aromatic nitrogens is 2. The van der Waals surface area contributed by atoms with Crippen LogP contribution < -0.4 is 5.32 Å². The van der Waals surface area contributed by atoms with Crippen molar-refractivity contribution in [3.05, 3.63) is 29.3 Å². The summed E-state index contributed by atoms with van der Waals surface area (Å²) in [6.45, 7) is 5.80. The van der Waals surface area contributed by atoms with Crippen LogP contribution in [-0.2, 0) is 4.79 Å². The van der Waals surface area contributed by atoms with E-state index in [1.165, 1.54) is 11.8 Å². The smallest absolute Gasteiger partial charge is 0.277 e. The summed E-state index contributed by atoms with van der Waals surface area (Å²) in [5, 5.41) is 20.5. The second-order valence-electron chi connectivity index (χ2n) is 6.67. The second-order valence-corrected chi connectivity index (χ2v) is 7.60. The Morgan fingerprint density at radius 1 is 1.36 bits per heavy atom. The molecule has 7 heteroatoms. The number of thioether (sulfide) groups is 1. The number of carbonyl (C=O) groups is 1. The predicted octanol–water partition coefficient (Wildman–Crippen LogP) is 3.25. The summed E-state index contributed by atoms with van der Waals surface area (Å²) in [6, 6.07) is 8.25. The first kappa shape index (κ1) is 17.5. The Labute approximate surface area is 151 Å². The SMILES string of the molecule is Cc1cc(C)cc(-c2nnc(SCC(=O)N[C@@](C)(C#N)C3CC3)o2)c1. The third-order valence-corrected chi connectivity index (χ3v) is 5.05. The summed E-state index contributed by atoms with van der Waals surface area (Å²) in [7, 11) is 0. The lowest BCUT2D eigenvalue weighted by atomic mass is 9.98. The molecule has 1 saturated carbocycles. The largest absolute Gasteiger partial charge is 0.411 e. The van der Waals surface area contributed by atoms with Crippen LogP contribution in [0.4, 0.5) is 0 Å². The third kappa shape index (κ3) is 4.20. The minimum atomic E-state index is -0.781. The van der Waals surface area contributed by atoms with Crippen molar-refractivity contribution < 1.29 is 9.21 Å². The van der Waals surface area contributed by atoms with Gasteiger partial charge in [-0.25, -0.2) is 0 Å². The first-order valence-electron chi connectivity index (χ1n) is 8.17. The molecule has 1 aliphatic carbocycles. The highest BCUT2D eigenvalue weighted by Gasteiger charge is 2.42. The molecule has 1 amide bonds. The van der Waals surface area contributed by atoms with E-state index < -0.39 is 5.54 Å². The van der Waals surface area contributed by atoms with E-state index in [1.54, 1.807) is 6.92 Å². The van der Waals surface area contributed by atoms with Crippen molar-refractivity contribution >= 4 is 17.7 Å². The van der Waals surface area contributed by atoms with E-state index in [-0.39, 0.29) is 17.6 Å². The number of hydrogen-bond acceptors (Lipinski definition) is 6. The van der Waals surface area contributed by atoms with E-state index in [0.29, 0.717) is 11.1 Å². The first-order valence-corrected chi connectivity index (χ1v) is 9.15. The molecule has 1 heterocycles. The fraction of sp³-hybridized carbons (Fsp3) is 0.444. The summed E-state index contributed by atoms with van der Waals surface area (Å²) in [5.41, 5.74) is 2.33. The zero-order valence-corrected chi connectivity index (χ0v) is 15.3. The van der Waals surface area contributed by atoms with Crippen LogP contribution in [0.1, 0.15) is 30.9 Å². The lowest BCUT2D eigenvalue weighted by molar-refractivity contribution is -0.119. The molecule has 130 valence electrons. The molecule has 0 spiro atoms. The van der Waals surface area contributed by atoms with Crippen LogP contribution in [-0.4, -0.2) is 27.4 Å². The molecule has 1 N–H and O–H groups in total. The van der Waals surface area contributed by atoms with Gasteiger partial charge in [-0.05, 0) is 51.7 Å². The lowest BCUT2D eigenvalue weighted by Gasteiger charge is -2.22. The molecule has 1 aliphatic rings. The monoisotopic (exact) mass is 356 g/mol. The second kappa shape index (κ2) is 6.89. The Hall–Kier alpha value is -2.33. The number of hydrogen-bond donors (Lipinski definition) is 1. The summed E-state index contributed by atoms with van der Waals surface area (Å²) in [5.74, 6) is 0.631. The Morgan fingerprint density at radius 2 is 2.04 bits per heavy atom. The summed E-state index contributed by atoms with van der Waals surface area (Å²) >= 11 is 1.17. The Morgan fingerprint density at radius 3 is 2.64 bits per heavy atom. The number of nitriles is 1. The van der Waals surface area contributed by atoms with Crippen molar-refractivity contribution in [3.63, 3.8) is 0 Å². The summed E-state index contributed by atoms with van der Waals surface area (Å²) in [6.07, 6.45) is 1.97. The van der Waals surface area contributed by atoms with Gasteiger partial charge in [0, 0.05) is 5.56 Å². The average Bonchev–Trinajstić information content (AvgIpc) is 3.31. The molecule has 1 aromatic carbocycles. The van der Waals surface area contributed by atoms with Gasteiger partial charge in [-0.2, -0.15) is 5.26 Å². The molecule has 0 unspecified atom stereocenters. The molecular weight excluding hydrogens is 336 g/mol. The fourth-order valence-electron chi connectivity index (χ4n) is 2.82. The Balaban J connectivity index is 1.60. The number of rotatable bonds is 6. The molecule has 25 heavy (non-hydrogen) atoms. The number of nitrogens with one attached hydrogen (secondary N) is 1. The molecule has 0 saturated heterocycles. The average molecular weight is 356 g/mol. The van der Waals surface area contributed by atoms with Crippen LogP contribution in [0.15, 0.2) is 27.8 Å². The van der Waals surface area contributed by atoms with E-state index in [2.05, 4.69) is 27.6 Å². The van der Waals surface area contributed by atoms with Gasteiger partial charge >= 0.3 is 0 Å². The van der Waals surface area contributed by atoms with E-state index in [0.717, 1.165) is 29.5 Å². The molecule has 2 aromatic rings. The van der Waals surface area contributed by atoms with Crippen molar-refractivity contribution in [2.24, 2.45) is 5.92 Å². The third-order valence-electron chi connectivity index (χ3n) is 4.23. The zero-order chi connectivity index (χ0) is 18.0. The minimum Gasteiger partial charge on any atom is -0.411 e. The van der Waals surface area contributed by atoms with Crippen LogP contribution in [0.2, 0.25) is 0 Å². The molecular formula is C18H20N4O2S. The van der Waals surface area contributed by atoms with E-state index in [1.807, 2.05) is 26.0 Å². The topological polar surface area (TPSA) is 91.8 Å². The van der Waals surface area contributed by atoms with Crippen LogP contribution >= 0.6 is 11.8 Å². The molecule has 0 radical (unpaired) electrons. The van der Waals surface area contributed by atoms with Gasteiger partial charge in [0.05, 0.1) is 11.8 Å². The quantitative estimate of drug-likeness (QED) is 0.799. The Bertz CT molecular complexity index is 818. The number of amides is 1. The maximum atomic E-state index is 12.1. The summed E-state index contributed by atoms with van der Waals surface area (Å²) in [4.78, 5) is 12.1. The van der Waals surface area contributed by atoms with Gasteiger partial charge in [0.1, 0.15) is 5.54 Å². The number of carbonyl (C=O) groups excluding carboxylic acids is 1. The standard InChI is InChI=1S/C18H20N4O2S/c1-11-6-12(2)8-13(7-11)16-21-22-17(24-16)25-9-15(23)20-18(3,10-19)14-4-5-14/h6-8,14H,4-5,9H2,1-3H3,(H,20,23)/t18-/m0/s1. The highest BCUT2D eigenvalue weighted by atomic mass is 32.2. The first-order chi connectivity index (χ1) is 11.9. The van der Waals surface area contributed by atoms with E-state index >= 15 is 0 Å². The highest BCUT2D eigenvalue weighted by Crippen LogP contribution is 2.39. The molecule has 1 fully saturated rings. The van der Waals surface area contributed by atoms with Crippen LogP contribution in [0.5, 0.6) is 0 Å². The number of benzene rings is 1. The summed E-state index contributed by atoms with van der Waals surface area (Å²) < 4.78 is 5.64. The van der Waals surface area contributed by atoms with Gasteiger partial charge in [-0.15, -0.1) is 10.2 Å². The molecule has 0 bridgehead atoms. The van der Waals surface area contributed by atoms with Crippen molar-refractivity contribution in [1.82, 2.24) is 15.5 Å². The van der Waals surface area contributed by atoms with Gasteiger partial charge in [0.25, 0.3) is 5.22 Å². The molecule has 6 nitrogen and oxygen atoms in total. The Kier molecular flexibility index (Phi) is 4.82. The zero-order valence-electron chi connectivity index (χ0n) is 14.5. The predicted molar refractivity (Wildman–Crippen MR) is 94.8 cm³/mol. The van der Waals surface area contributed by atoms with Crippen molar-refractivity contribution in [1.29, 1.82) is 5.26 Å². The fourth-order valence-corrected chi connectivity index (χ4v) is 3.38.